The lowest BCUT2D eigenvalue weighted by Crippen LogP contribution is -2.25. The summed E-state index contributed by atoms with van der Waals surface area (Å²) in [6, 6.07) is 13.8. The first-order valence-corrected chi connectivity index (χ1v) is 9.27. The minimum Gasteiger partial charge on any atom is -0.454 e. The van der Waals surface area contributed by atoms with Gasteiger partial charge >= 0.3 is 0 Å². The number of rotatable bonds is 7. The van der Waals surface area contributed by atoms with Gasteiger partial charge in [-0.25, -0.2) is 4.39 Å². The molecule has 29 heavy (non-hydrogen) atoms. The Labute approximate surface area is 167 Å². The van der Waals surface area contributed by atoms with Gasteiger partial charge < -0.3 is 20.1 Å². The molecule has 3 aromatic rings. The Morgan fingerprint density at radius 1 is 1.00 bits per heavy atom. The SMILES string of the molecule is O=C(NCCc1ccc(F)cc1)c1cncc(NCc2ccc3c(c2)OCO3)c1. The number of pyridine rings is 1. The van der Waals surface area contributed by atoms with E-state index in [0.717, 1.165) is 28.3 Å². The van der Waals surface area contributed by atoms with Gasteiger partial charge in [-0.1, -0.05) is 18.2 Å². The van der Waals surface area contributed by atoms with Crippen molar-refractivity contribution in [1.29, 1.82) is 0 Å². The summed E-state index contributed by atoms with van der Waals surface area (Å²) in [7, 11) is 0. The maximum absolute atomic E-state index is 12.9. The predicted molar refractivity (Wildman–Crippen MR) is 107 cm³/mol. The number of halogens is 1. The fourth-order valence-electron chi connectivity index (χ4n) is 2.99. The molecule has 6 nitrogen and oxygen atoms in total. The molecule has 1 aromatic heterocycles. The average molecular weight is 393 g/mol. The molecule has 0 spiro atoms. The van der Waals surface area contributed by atoms with E-state index >= 15 is 0 Å². The molecule has 7 heteroatoms. The number of nitrogens with one attached hydrogen (secondary N) is 2. The Morgan fingerprint density at radius 2 is 1.79 bits per heavy atom. The number of benzene rings is 2. The van der Waals surface area contributed by atoms with Crippen molar-refractivity contribution in [3.8, 4) is 11.5 Å². The zero-order chi connectivity index (χ0) is 20.1. The van der Waals surface area contributed by atoms with Gasteiger partial charge in [0.2, 0.25) is 6.79 Å². The number of hydrogen-bond acceptors (Lipinski definition) is 5. The molecule has 1 aliphatic heterocycles. The number of aromatic nitrogens is 1. The molecule has 0 atom stereocenters. The first-order chi connectivity index (χ1) is 14.2. The molecule has 0 saturated carbocycles. The van der Waals surface area contributed by atoms with Crippen LogP contribution in [0, 0.1) is 5.82 Å². The molecule has 2 N–H and O–H groups in total. The molecule has 0 bridgehead atoms. The number of carbonyl (C=O) groups is 1. The molecule has 0 unspecified atom stereocenters. The minimum absolute atomic E-state index is 0.202. The Balaban J connectivity index is 1.30. The van der Waals surface area contributed by atoms with Crippen molar-refractivity contribution < 1.29 is 18.7 Å². The van der Waals surface area contributed by atoms with Crippen molar-refractivity contribution in [3.63, 3.8) is 0 Å². The van der Waals surface area contributed by atoms with Crippen LogP contribution in [0.1, 0.15) is 21.5 Å². The maximum Gasteiger partial charge on any atom is 0.252 e. The van der Waals surface area contributed by atoms with E-state index < -0.39 is 0 Å². The minimum atomic E-state index is -0.270. The molecule has 2 heterocycles. The predicted octanol–water partition coefficient (Wildman–Crippen LogP) is 3.53. The van der Waals surface area contributed by atoms with E-state index in [1.54, 1.807) is 24.4 Å². The van der Waals surface area contributed by atoms with Crippen LogP contribution in [-0.4, -0.2) is 24.2 Å². The van der Waals surface area contributed by atoms with Crippen LogP contribution in [0.3, 0.4) is 0 Å². The zero-order valence-corrected chi connectivity index (χ0v) is 15.7. The van der Waals surface area contributed by atoms with Crippen molar-refractivity contribution in [3.05, 3.63) is 83.4 Å². The third kappa shape index (κ3) is 4.82. The maximum atomic E-state index is 12.9. The van der Waals surface area contributed by atoms with Crippen molar-refractivity contribution in [1.82, 2.24) is 10.3 Å². The molecule has 148 valence electrons. The van der Waals surface area contributed by atoms with Gasteiger partial charge in [0.1, 0.15) is 5.82 Å². The lowest BCUT2D eigenvalue weighted by atomic mass is 10.1. The first kappa shape index (κ1) is 18.7. The topological polar surface area (TPSA) is 72.5 Å². The second-order valence-electron chi connectivity index (χ2n) is 6.64. The van der Waals surface area contributed by atoms with E-state index in [4.69, 9.17) is 9.47 Å². The van der Waals surface area contributed by atoms with Crippen LogP contribution in [0.2, 0.25) is 0 Å². The zero-order valence-electron chi connectivity index (χ0n) is 15.7. The summed E-state index contributed by atoms with van der Waals surface area (Å²) in [6.07, 6.45) is 3.82. The summed E-state index contributed by atoms with van der Waals surface area (Å²) in [5.74, 6) is 1.01. The Hall–Kier alpha value is -3.61. The van der Waals surface area contributed by atoms with Gasteiger partial charge in [0.15, 0.2) is 11.5 Å². The summed E-state index contributed by atoms with van der Waals surface area (Å²) in [5.41, 5.74) is 3.21. The molecular formula is C22H20FN3O3. The number of nitrogens with zero attached hydrogens (tertiary/aromatic N) is 1. The fraction of sp³-hybridized carbons (Fsp3) is 0.182. The van der Waals surface area contributed by atoms with Gasteiger partial charge in [0.25, 0.3) is 5.91 Å². The van der Waals surface area contributed by atoms with E-state index in [1.807, 2.05) is 18.2 Å². The normalized spacial score (nSPS) is 11.9. The highest BCUT2D eigenvalue weighted by Gasteiger charge is 2.13. The van der Waals surface area contributed by atoms with Crippen LogP contribution in [0.25, 0.3) is 0 Å². The average Bonchev–Trinajstić information content (AvgIpc) is 3.22. The quantitative estimate of drug-likeness (QED) is 0.643. The van der Waals surface area contributed by atoms with Crippen LogP contribution in [0.4, 0.5) is 10.1 Å². The van der Waals surface area contributed by atoms with Crippen molar-refractivity contribution in [2.75, 3.05) is 18.7 Å². The molecule has 4 rings (SSSR count). The first-order valence-electron chi connectivity index (χ1n) is 9.27. The van der Waals surface area contributed by atoms with Gasteiger partial charge in [-0.15, -0.1) is 0 Å². The number of ether oxygens (including phenoxy) is 2. The molecule has 0 aliphatic carbocycles. The van der Waals surface area contributed by atoms with Crippen LogP contribution in [-0.2, 0) is 13.0 Å². The van der Waals surface area contributed by atoms with E-state index in [-0.39, 0.29) is 18.5 Å². The van der Waals surface area contributed by atoms with Crippen LogP contribution < -0.4 is 20.1 Å². The van der Waals surface area contributed by atoms with E-state index in [9.17, 15) is 9.18 Å². The van der Waals surface area contributed by atoms with E-state index in [1.165, 1.54) is 18.3 Å². The second-order valence-corrected chi connectivity index (χ2v) is 6.64. The van der Waals surface area contributed by atoms with E-state index in [0.29, 0.717) is 25.1 Å². The van der Waals surface area contributed by atoms with Gasteiger partial charge in [-0.05, 0) is 47.9 Å². The fourth-order valence-corrected chi connectivity index (χ4v) is 2.99. The highest BCUT2D eigenvalue weighted by atomic mass is 19.1. The van der Waals surface area contributed by atoms with Crippen molar-refractivity contribution >= 4 is 11.6 Å². The molecule has 2 aromatic carbocycles. The third-order valence-electron chi connectivity index (χ3n) is 4.55. The second kappa shape index (κ2) is 8.60. The van der Waals surface area contributed by atoms with E-state index in [2.05, 4.69) is 15.6 Å². The molecular weight excluding hydrogens is 373 g/mol. The number of amides is 1. The third-order valence-corrected chi connectivity index (χ3v) is 4.55. The Kier molecular flexibility index (Phi) is 5.56. The number of anilines is 1. The molecule has 0 saturated heterocycles. The smallest absolute Gasteiger partial charge is 0.252 e. The number of hydrogen-bond donors (Lipinski definition) is 2. The van der Waals surface area contributed by atoms with Gasteiger partial charge in [0, 0.05) is 25.5 Å². The van der Waals surface area contributed by atoms with Gasteiger partial charge in [-0.3, -0.25) is 9.78 Å². The number of carbonyl (C=O) groups excluding carboxylic acids is 1. The Morgan fingerprint density at radius 3 is 2.66 bits per heavy atom. The highest BCUT2D eigenvalue weighted by Crippen LogP contribution is 2.32. The summed E-state index contributed by atoms with van der Waals surface area (Å²) >= 11 is 0. The van der Waals surface area contributed by atoms with Crippen molar-refractivity contribution in [2.45, 2.75) is 13.0 Å². The lowest BCUT2D eigenvalue weighted by molar-refractivity contribution is 0.0954. The molecule has 0 radical (unpaired) electrons. The van der Waals surface area contributed by atoms with Crippen LogP contribution >= 0.6 is 0 Å². The van der Waals surface area contributed by atoms with Crippen LogP contribution in [0.5, 0.6) is 11.5 Å². The molecule has 1 amide bonds. The standard InChI is InChI=1S/C22H20FN3O3/c23-18-4-1-15(2-5-18)7-8-25-22(27)17-10-19(13-24-12-17)26-11-16-3-6-20-21(9-16)29-14-28-20/h1-6,9-10,12-13,26H,7-8,11,14H2,(H,25,27). The summed E-state index contributed by atoms with van der Waals surface area (Å²) in [4.78, 5) is 16.5. The molecule has 1 aliphatic rings. The highest BCUT2D eigenvalue weighted by molar-refractivity contribution is 5.94. The van der Waals surface area contributed by atoms with Gasteiger partial charge in [0.05, 0.1) is 11.3 Å². The van der Waals surface area contributed by atoms with Gasteiger partial charge in [-0.2, -0.15) is 0 Å². The summed E-state index contributed by atoms with van der Waals surface area (Å²) < 4.78 is 23.6. The molecule has 0 fully saturated rings. The van der Waals surface area contributed by atoms with Crippen molar-refractivity contribution in [2.24, 2.45) is 0 Å². The summed E-state index contributed by atoms with van der Waals surface area (Å²) in [5, 5.41) is 6.12. The monoisotopic (exact) mass is 393 g/mol. The lowest BCUT2D eigenvalue weighted by Gasteiger charge is -2.09. The summed E-state index contributed by atoms with van der Waals surface area (Å²) in [6.45, 7) is 1.27. The Bertz CT molecular complexity index is 1010. The van der Waals surface area contributed by atoms with Crippen LogP contribution in [0.15, 0.2) is 60.9 Å². The largest absolute Gasteiger partial charge is 0.454 e. The number of fused-ring (bicyclic) bond motifs is 1.